The summed E-state index contributed by atoms with van der Waals surface area (Å²) in [4.78, 5) is 29.4. The highest BCUT2D eigenvalue weighted by Gasteiger charge is 2.13. The van der Waals surface area contributed by atoms with Gasteiger partial charge < -0.3 is 14.8 Å². The van der Waals surface area contributed by atoms with E-state index < -0.39 is 0 Å². The number of fused-ring (bicyclic) bond motifs is 2. The van der Waals surface area contributed by atoms with Crippen molar-refractivity contribution in [1.82, 2.24) is 24.6 Å². The van der Waals surface area contributed by atoms with E-state index in [0.717, 1.165) is 11.1 Å². The fourth-order valence-electron chi connectivity index (χ4n) is 3.59. The van der Waals surface area contributed by atoms with Crippen LogP contribution in [0.1, 0.15) is 11.1 Å². The third kappa shape index (κ3) is 4.47. The van der Waals surface area contributed by atoms with Gasteiger partial charge in [0.1, 0.15) is 11.7 Å². The molecule has 1 aliphatic rings. The van der Waals surface area contributed by atoms with Crippen LogP contribution in [0.2, 0.25) is 0 Å². The van der Waals surface area contributed by atoms with Gasteiger partial charge in [-0.3, -0.25) is 14.2 Å². The molecule has 9 heteroatoms. The zero-order chi connectivity index (χ0) is 22.6. The van der Waals surface area contributed by atoms with Crippen LogP contribution in [0, 0.1) is 0 Å². The van der Waals surface area contributed by atoms with E-state index in [0.29, 0.717) is 42.2 Å². The van der Waals surface area contributed by atoms with Crippen LogP contribution in [0.25, 0.3) is 17.1 Å². The number of nitrogens with zero attached hydrogens (tertiary/aromatic N) is 4. The van der Waals surface area contributed by atoms with E-state index in [1.54, 1.807) is 15.3 Å². The predicted molar refractivity (Wildman–Crippen MR) is 122 cm³/mol. The average molecular weight is 443 g/mol. The van der Waals surface area contributed by atoms with Crippen molar-refractivity contribution >= 4 is 23.0 Å². The van der Waals surface area contributed by atoms with Gasteiger partial charge in [0.25, 0.3) is 5.56 Å². The molecular weight excluding hydrogens is 422 g/mol. The first-order valence-electron chi connectivity index (χ1n) is 10.5. The average Bonchev–Trinajstić information content (AvgIpc) is 3.47. The Labute approximate surface area is 188 Å². The molecule has 0 aliphatic carbocycles. The van der Waals surface area contributed by atoms with Crippen molar-refractivity contribution in [1.29, 1.82) is 0 Å². The molecule has 0 saturated carbocycles. The number of carbonyl (C=O) groups excluding carboxylic acids is 1. The second-order valence-electron chi connectivity index (χ2n) is 7.51. The molecule has 1 amide bonds. The van der Waals surface area contributed by atoms with Crippen LogP contribution in [0.3, 0.4) is 0 Å². The number of rotatable bonds is 7. The Hall–Kier alpha value is -4.40. The number of amides is 1. The number of benzene rings is 2. The lowest BCUT2D eigenvalue weighted by atomic mass is 10.2. The highest BCUT2D eigenvalue weighted by Crippen LogP contribution is 2.32. The smallest absolute Gasteiger partial charge is 0.264 e. The molecule has 3 heterocycles. The summed E-state index contributed by atoms with van der Waals surface area (Å²) >= 11 is 0. The molecule has 2 aromatic heterocycles. The van der Waals surface area contributed by atoms with Crippen LogP contribution in [-0.4, -0.2) is 38.6 Å². The monoisotopic (exact) mass is 443 g/mol. The highest BCUT2D eigenvalue weighted by molar-refractivity contribution is 5.91. The van der Waals surface area contributed by atoms with E-state index in [1.165, 1.54) is 18.6 Å². The Balaban J connectivity index is 1.19. The third-order valence-corrected chi connectivity index (χ3v) is 5.26. The van der Waals surface area contributed by atoms with Crippen molar-refractivity contribution in [3.05, 3.63) is 88.6 Å². The van der Waals surface area contributed by atoms with Gasteiger partial charge in [0, 0.05) is 12.6 Å². The van der Waals surface area contributed by atoms with Crippen LogP contribution < -0.4 is 20.3 Å². The number of aromatic nitrogens is 4. The Bertz CT molecular complexity index is 1390. The summed E-state index contributed by atoms with van der Waals surface area (Å²) in [5, 5.41) is 7.53. The minimum Gasteiger partial charge on any atom is -0.454 e. The Morgan fingerprint density at radius 3 is 2.85 bits per heavy atom. The molecule has 1 aliphatic heterocycles. The summed E-state index contributed by atoms with van der Waals surface area (Å²) in [5.74, 6) is 1.13. The predicted octanol–water partition coefficient (Wildman–Crippen LogP) is 2.20. The number of carbonyl (C=O) groups is 1. The molecule has 0 atom stereocenters. The third-order valence-electron chi connectivity index (χ3n) is 5.26. The van der Waals surface area contributed by atoms with E-state index in [1.807, 2.05) is 48.5 Å². The first-order valence-corrected chi connectivity index (χ1v) is 10.5. The maximum atomic E-state index is 12.8. The summed E-state index contributed by atoms with van der Waals surface area (Å²) in [5.41, 5.74) is 2.20. The van der Waals surface area contributed by atoms with Crippen molar-refractivity contribution in [2.45, 2.75) is 13.1 Å². The lowest BCUT2D eigenvalue weighted by molar-refractivity contribution is -0.116. The van der Waals surface area contributed by atoms with Gasteiger partial charge in [0.05, 0.1) is 19.3 Å². The van der Waals surface area contributed by atoms with E-state index in [2.05, 4.69) is 15.4 Å². The molecule has 0 bridgehead atoms. The van der Waals surface area contributed by atoms with E-state index >= 15 is 0 Å². The molecule has 0 radical (unpaired) electrons. The van der Waals surface area contributed by atoms with Gasteiger partial charge in [-0.25, -0.2) is 9.67 Å². The summed E-state index contributed by atoms with van der Waals surface area (Å²) in [6.45, 7) is 1.39. The van der Waals surface area contributed by atoms with E-state index in [4.69, 9.17) is 9.47 Å². The standard InChI is InChI=1S/C24H21N5O4/c30-22(9-7-17-6-8-20-21(12-17)33-16-32-20)25-10-11-29-23-19(13-27-29)24(31)28(15-26-23)14-18-4-2-1-3-5-18/h1-9,12-13,15H,10-11,14,16H2,(H,25,30)/b9-7-. The first-order chi connectivity index (χ1) is 16.2. The summed E-state index contributed by atoms with van der Waals surface area (Å²) in [6.07, 6.45) is 6.21. The van der Waals surface area contributed by atoms with E-state index in [-0.39, 0.29) is 18.3 Å². The maximum absolute atomic E-state index is 12.8. The van der Waals surface area contributed by atoms with Crippen molar-refractivity contribution in [3.63, 3.8) is 0 Å². The molecule has 1 N–H and O–H groups in total. The summed E-state index contributed by atoms with van der Waals surface area (Å²) in [7, 11) is 0. The molecule has 166 valence electrons. The van der Waals surface area contributed by atoms with Gasteiger partial charge in [-0.05, 0) is 29.3 Å². The molecule has 0 fully saturated rings. The topological polar surface area (TPSA) is 100 Å². The van der Waals surface area contributed by atoms with Crippen molar-refractivity contribution in [3.8, 4) is 11.5 Å². The second kappa shape index (κ2) is 8.99. The zero-order valence-corrected chi connectivity index (χ0v) is 17.7. The number of nitrogens with one attached hydrogen (secondary N) is 1. The molecule has 33 heavy (non-hydrogen) atoms. The van der Waals surface area contributed by atoms with Gasteiger partial charge in [-0.1, -0.05) is 36.4 Å². The molecule has 0 spiro atoms. The number of ether oxygens (including phenoxy) is 2. The molecular formula is C24H21N5O4. The lowest BCUT2D eigenvalue weighted by Gasteiger charge is -2.07. The van der Waals surface area contributed by atoms with Crippen molar-refractivity contribution in [2.75, 3.05) is 13.3 Å². The van der Waals surface area contributed by atoms with Crippen LogP contribution in [0.15, 0.2) is 71.9 Å². The van der Waals surface area contributed by atoms with Crippen LogP contribution in [-0.2, 0) is 17.9 Å². The van der Waals surface area contributed by atoms with Gasteiger partial charge in [0.2, 0.25) is 12.7 Å². The van der Waals surface area contributed by atoms with Crippen LogP contribution in [0.4, 0.5) is 0 Å². The molecule has 2 aromatic carbocycles. The van der Waals surface area contributed by atoms with Gasteiger partial charge >= 0.3 is 0 Å². The SMILES string of the molecule is O=C(/C=C\c1ccc2c(c1)OCO2)NCCn1ncc2c(=O)n(Cc3ccccc3)cnc21. The number of hydrogen-bond acceptors (Lipinski definition) is 6. The minimum atomic E-state index is -0.234. The molecule has 9 nitrogen and oxygen atoms in total. The fourth-order valence-corrected chi connectivity index (χ4v) is 3.59. The van der Waals surface area contributed by atoms with Crippen molar-refractivity contribution < 1.29 is 14.3 Å². The summed E-state index contributed by atoms with van der Waals surface area (Å²) in [6, 6.07) is 15.2. The summed E-state index contributed by atoms with van der Waals surface area (Å²) < 4.78 is 13.8. The Kier molecular flexibility index (Phi) is 5.59. The molecule has 4 aromatic rings. The molecule has 0 unspecified atom stereocenters. The first kappa shape index (κ1) is 20.5. The van der Waals surface area contributed by atoms with Gasteiger partial charge in [-0.2, -0.15) is 5.10 Å². The fraction of sp³-hybridized carbons (Fsp3) is 0.167. The van der Waals surface area contributed by atoms with Crippen LogP contribution in [0.5, 0.6) is 11.5 Å². The lowest BCUT2D eigenvalue weighted by Crippen LogP contribution is -2.26. The van der Waals surface area contributed by atoms with E-state index in [9.17, 15) is 9.59 Å². The van der Waals surface area contributed by atoms with Gasteiger partial charge in [-0.15, -0.1) is 0 Å². The minimum absolute atomic E-state index is 0.147. The second-order valence-corrected chi connectivity index (χ2v) is 7.51. The zero-order valence-electron chi connectivity index (χ0n) is 17.7. The highest BCUT2D eigenvalue weighted by atomic mass is 16.7. The molecule has 0 saturated heterocycles. The quantitative estimate of drug-likeness (QED) is 0.440. The number of hydrogen-bond donors (Lipinski definition) is 1. The largest absolute Gasteiger partial charge is 0.454 e. The van der Waals surface area contributed by atoms with Gasteiger partial charge in [0.15, 0.2) is 17.1 Å². The normalized spacial score (nSPS) is 12.5. The Morgan fingerprint density at radius 2 is 1.97 bits per heavy atom. The van der Waals surface area contributed by atoms with Crippen LogP contribution >= 0.6 is 0 Å². The molecule has 5 rings (SSSR count). The van der Waals surface area contributed by atoms with Crippen molar-refractivity contribution in [2.24, 2.45) is 0 Å². The maximum Gasteiger partial charge on any atom is 0.264 e. The Morgan fingerprint density at radius 1 is 1.12 bits per heavy atom.